The Hall–Kier alpha value is -1.57. The number of nitrogens with zero attached hydrogens (tertiary/aromatic N) is 4. The summed E-state index contributed by atoms with van der Waals surface area (Å²) in [5, 5.41) is 10.1. The highest BCUT2D eigenvalue weighted by atomic mass is 79.9. The molecule has 0 atom stereocenters. The van der Waals surface area contributed by atoms with Crippen LogP contribution in [-0.2, 0) is 0 Å². The Morgan fingerprint density at radius 3 is 2.60 bits per heavy atom. The predicted molar refractivity (Wildman–Crippen MR) is 51.2 cm³/mol. The number of benzene rings is 1. The number of hydrogen-bond acceptors (Lipinski definition) is 4. The van der Waals surface area contributed by atoms with E-state index >= 15 is 0 Å². The molecule has 1 aromatic carbocycles. The van der Waals surface area contributed by atoms with Gasteiger partial charge in [-0.15, -0.1) is 0 Å². The third-order valence-electron chi connectivity index (χ3n) is 1.71. The summed E-state index contributed by atoms with van der Waals surface area (Å²) < 4.78 is 27.3. The van der Waals surface area contributed by atoms with Crippen LogP contribution in [0.25, 0.3) is 5.69 Å². The van der Waals surface area contributed by atoms with Gasteiger partial charge < -0.3 is 5.73 Å². The van der Waals surface area contributed by atoms with Gasteiger partial charge in [-0.3, -0.25) is 0 Å². The SMILES string of the molecule is Nc1nnnn1-c1cc(Br)c(F)cc1F. The van der Waals surface area contributed by atoms with Crippen molar-refractivity contribution in [1.29, 1.82) is 0 Å². The van der Waals surface area contributed by atoms with Gasteiger partial charge >= 0.3 is 0 Å². The van der Waals surface area contributed by atoms with E-state index < -0.39 is 11.6 Å². The van der Waals surface area contributed by atoms with Gasteiger partial charge in [-0.25, -0.2) is 8.78 Å². The second-order valence-corrected chi connectivity index (χ2v) is 3.52. The topological polar surface area (TPSA) is 69.6 Å². The number of halogens is 3. The monoisotopic (exact) mass is 275 g/mol. The summed E-state index contributed by atoms with van der Waals surface area (Å²) in [6.45, 7) is 0. The first-order valence-electron chi connectivity index (χ1n) is 3.78. The van der Waals surface area contributed by atoms with Crippen LogP contribution in [0.2, 0.25) is 0 Å². The fourth-order valence-corrected chi connectivity index (χ4v) is 1.37. The number of anilines is 1. The lowest BCUT2D eigenvalue weighted by atomic mass is 10.3. The molecule has 0 saturated carbocycles. The van der Waals surface area contributed by atoms with Gasteiger partial charge in [0.05, 0.1) is 4.47 Å². The lowest BCUT2D eigenvalue weighted by molar-refractivity contribution is 0.568. The molecule has 0 bridgehead atoms. The number of aromatic nitrogens is 4. The summed E-state index contributed by atoms with van der Waals surface area (Å²) in [5.41, 5.74) is 5.36. The largest absolute Gasteiger partial charge is 0.366 e. The van der Waals surface area contributed by atoms with Gasteiger partial charge in [0.2, 0.25) is 5.95 Å². The predicted octanol–water partition coefficient (Wildman–Crippen LogP) is 1.29. The molecular formula is C7H4BrF2N5. The van der Waals surface area contributed by atoms with Crippen LogP contribution in [0.15, 0.2) is 16.6 Å². The Morgan fingerprint density at radius 1 is 1.27 bits per heavy atom. The fourth-order valence-electron chi connectivity index (χ4n) is 1.04. The first-order valence-corrected chi connectivity index (χ1v) is 4.57. The Balaban J connectivity index is 2.64. The molecule has 5 nitrogen and oxygen atoms in total. The van der Waals surface area contributed by atoms with Crippen LogP contribution in [-0.4, -0.2) is 20.2 Å². The first-order chi connectivity index (χ1) is 7.09. The summed E-state index contributed by atoms with van der Waals surface area (Å²) in [7, 11) is 0. The van der Waals surface area contributed by atoms with Crippen molar-refractivity contribution < 1.29 is 8.78 Å². The van der Waals surface area contributed by atoms with Crippen molar-refractivity contribution in [2.45, 2.75) is 0 Å². The van der Waals surface area contributed by atoms with Crippen LogP contribution < -0.4 is 5.73 Å². The van der Waals surface area contributed by atoms with Crippen LogP contribution in [0.3, 0.4) is 0 Å². The van der Waals surface area contributed by atoms with Crippen molar-refractivity contribution in [3.05, 3.63) is 28.2 Å². The molecule has 0 aliphatic heterocycles. The van der Waals surface area contributed by atoms with E-state index in [2.05, 4.69) is 31.5 Å². The van der Waals surface area contributed by atoms with Crippen LogP contribution in [0, 0.1) is 11.6 Å². The van der Waals surface area contributed by atoms with E-state index in [-0.39, 0.29) is 16.1 Å². The van der Waals surface area contributed by atoms with E-state index in [9.17, 15) is 8.78 Å². The highest BCUT2D eigenvalue weighted by Crippen LogP contribution is 2.22. The molecule has 0 unspecified atom stereocenters. The van der Waals surface area contributed by atoms with Crippen molar-refractivity contribution in [2.24, 2.45) is 0 Å². The number of rotatable bonds is 1. The van der Waals surface area contributed by atoms with Crippen molar-refractivity contribution in [1.82, 2.24) is 20.2 Å². The van der Waals surface area contributed by atoms with Crippen LogP contribution >= 0.6 is 15.9 Å². The molecule has 0 spiro atoms. The van der Waals surface area contributed by atoms with E-state index in [0.717, 1.165) is 10.7 Å². The Morgan fingerprint density at radius 2 is 2.00 bits per heavy atom. The van der Waals surface area contributed by atoms with Crippen molar-refractivity contribution >= 4 is 21.9 Å². The second-order valence-electron chi connectivity index (χ2n) is 2.67. The van der Waals surface area contributed by atoms with Crippen molar-refractivity contribution in [2.75, 3.05) is 5.73 Å². The molecular weight excluding hydrogens is 272 g/mol. The summed E-state index contributed by atoms with van der Waals surface area (Å²) in [5.74, 6) is -1.58. The molecule has 2 N–H and O–H groups in total. The van der Waals surface area contributed by atoms with Crippen LogP contribution in [0.1, 0.15) is 0 Å². The minimum Gasteiger partial charge on any atom is -0.366 e. The minimum atomic E-state index is -0.797. The summed E-state index contributed by atoms with van der Waals surface area (Å²) in [6, 6.07) is 1.93. The van der Waals surface area contributed by atoms with E-state index in [4.69, 9.17) is 5.73 Å². The summed E-state index contributed by atoms with van der Waals surface area (Å²) in [4.78, 5) is 0. The minimum absolute atomic E-state index is 0.0224. The number of nitrogens with two attached hydrogens (primary N) is 1. The fraction of sp³-hybridized carbons (Fsp3) is 0. The van der Waals surface area contributed by atoms with Gasteiger partial charge in [0.25, 0.3) is 0 Å². The lowest BCUT2D eigenvalue weighted by Gasteiger charge is -2.04. The van der Waals surface area contributed by atoms with Gasteiger partial charge in [0.1, 0.15) is 11.5 Å². The number of tetrazole rings is 1. The van der Waals surface area contributed by atoms with E-state index in [1.165, 1.54) is 6.07 Å². The van der Waals surface area contributed by atoms with Gasteiger partial charge in [-0.2, -0.15) is 4.68 Å². The maximum Gasteiger partial charge on any atom is 0.245 e. The molecule has 1 heterocycles. The zero-order valence-electron chi connectivity index (χ0n) is 7.15. The molecule has 0 saturated heterocycles. The molecule has 0 amide bonds. The molecule has 2 rings (SSSR count). The second kappa shape index (κ2) is 3.54. The molecule has 0 fully saturated rings. The Labute approximate surface area is 91.0 Å². The molecule has 1 aromatic heterocycles. The molecule has 8 heteroatoms. The smallest absolute Gasteiger partial charge is 0.245 e. The molecule has 78 valence electrons. The Kier molecular flexibility index (Phi) is 2.35. The molecule has 0 aliphatic rings. The first kappa shape index (κ1) is 9.97. The van der Waals surface area contributed by atoms with Gasteiger partial charge in [-0.1, -0.05) is 5.10 Å². The Bertz CT molecular complexity index is 512. The van der Waals surface area contributed by atoms with Crippen molar-refractivity contribution in [3.63, 3.8) is 0 Å². The number of hydrogen-bond donors (Lipinski definition) is 1. The number of nitrogen functional groups attached to an aromatic ring is 1. The summed E-state index contributed by atoms with van der Waals surface area (Å²) in [6.07, 6.45) is 0. The van der Waals surface area contributed by atoms with Gasteiger partial charge in [0.15, 0.2) is 5.82 Å². The zero-order valence-corrected chi connectivity index (χ0v) is 8.74. The van der Waals surface area contributed by atoms with Gasteiger partial charge in [0, 0.05) is 6.07 Å². The van der Waals surface area contributed by atoms with Crippen LogP contribution in [0.4, 0.5) is 14.7 Å². The third-order valence-corrected chi connectivity index (χ3v) is 2.32. The zero-order chi connectivity index (χ0) is 11.0. The van der Waals surface area contributed by atoms with E-state index in [1.807, 2.05) is 0 Å². The maximum atomic E-state index is 13.3. The standard InChI is InChI=1S/C7H4BrF2N5/c8-3-1-6(5(10)2-4(3)9)15-7(11)12-13-14-15/h1-2H,(H2,11,12,14). The normalized spacial score (nSPS) is 10.6. The summed E-state index contributed by atoms with van der Waals surface area (Å²) >= 11 is 2.93. The lowest BCUT2D eigenvalue weighted by Crippen LogP contribution is -2.05. The molecule has 0 radical (unpaired) electrons. The third kappa shape index (κ3) is 1.67. The average Bonchev–Trinajstić information content (AvgIpc) is 2.58. The highest BCUT2D eigenvalue weighted by Gasteiger charge is 2.13. The average molecular weight is 276 g/mol. The van der Waals surface area contributed by atoms with Crippen molar-refractivity contribution in [3.8, 4) is 5.69 Å². The quantitative estimate of drug-likeness (QED) is 0.797. The van der Waals surface area contributed by atoms with Crippen LogP contribution in [0.5, 0.6) is 0 Å². The van der Waals surface area contributed by atoms with Gasteiger partial charge in [-0.05, 0) is 32.4 Å². The molecule has 2 aromatic rings. The molecule has 0 aliphatic carbocycles. The van der Waals surface area contributed by atoms with E-state index in [1.54, 1.807) is 0 Å². The highest BCUT2D eigenvalue weighted by molar-refractivity contribution is 9.10. The molecule has 15 heavy (non-hydrogen) atoms. The van der Waals surface area contributed by atoms with E-state index in [0.29, 0.717) is 0 Å². The maximum absolute atomic E-state index is 13.3.